The van der Waals surface area contributed by atoms with Crippen molar-refractivity contribution in [1.29, 1.82) is 0 Å². The van der Waals surface area contributed by atoms with Gasteiger partial charge in [-0.25, -0.2) is 0 Å². The normalized spacial score (nSPS) is 15.4. The van der Waals surface area contributed by atoms with Crippen molar-refractivity contribution in [3.63, 3.8) is 0 Å². The Labute approximate surface area is 184 Å². The maximum atomic E-state index is 4.91. The first-order valence-electron chi connectivity index (χ1n) is 11.2. The van der Waals surface area contributed by atoms with Gasteiger partial charge in [0.25, 0.3) is 0 Å². The Kier molecular flexibility index (Phi) is 5.44. The van der Waals surface area contributed by atoms with Crippen LogP contribution in [0.15, 0.2) is 77.9 Å². The minimum atomic E-state index is 0.962. The predicted octanol–water partition coefficient (Wildman–Crippen LogP) is 5.76. The zero-order chi connectivity index (χ0) is 21.2. The van der Waals surface area contributed by atoms with Crippen LogP contribution in [-0.4, -0.2) is 42.3 Å². The lowest BCUT2D eigenvalue weighted by atomic mass is 9.97. The average Bonchev–Trinajstić information content (AvgIpc) is 2.79. The third kappa shape index (κ3) is 4.19. The molecule has 0 atom stereocenters. The van der Waals surface area contributed by atoms with Crippen molar-refractivity contribution < 1.29 is 0 Å². The number of hydrogen-bond donors (Lipinski definition) is 0. The highest BCUT2D eigenvalue weighted by molar-refractivity contribution is 6.13. The highest BCUT2D eigenvalue weighted by Crippen LogP contribution is 2.27. The van der Waals surface area contributed by atoms with Crippen LogP contribution in [0.2, 0.25) is 0 Å². The molecule has 0 unspecified atom stereocenters. The monoisotopic (exact) mass is 407 g/mol. The number of piperazine rings is 1. The van der Waals surface area contributed by atoms with E-state index in [0.717, 1.165) is 32.7 Å². The van der Waals surface area contributed by atoms with E-state index in [-0.39, 0.29) is 0 Å². The summed E-state index contributed by atoms with van der Waals surface area (Å²) in [7, 11) is 0. The first-order chi connectivity index (χ1) is 15.2. The molecule has 0 radical (unpaired) electrons. The van der Waals surface area contributed by atoms with Crippen LogP contribution in [-0.2, 0) is 6.54 Å². The van der Waals surface area contributed by atoms with Gasteiger partial charge in [-0.05, 0) is 52.6 Å². The summed E-state index contributed by atoms with van der Waals surface area (Å²) in [5.74, 6) is 0. The summed E-state index contributed by atoms with van der Waals surface area (Å²) < 4.78 is 0. The Hall–Kier alpha value is -3.17. The van der Waals surface area contributed by atoms with E-state index in [2.05, 4.69) is 103 Å². The van der Waals surface area contributed by atoms with E-state index >= 15 is 0 Å². The van der Waals surface area contributed by atoms with Crippen LogP contribution < -0.4 is 0 Å². The van der Waals surface area contributed by atoms with Gasteiger partial charge in [0, 0.05) is 38.3 Å². The molecule has 0 aliphatic carbocycles. The fraction of sp³-hybridized carbons (Fsp3) is 0.250. The number of hydrogen-bond acceptors (Lipinski definition) is 3. The molecule has 4 aromatic carbocycles. The van der Waals surface area contributed by atoms with E-state index in [0.29, 0.717) is 0 Å². The molecule has 1 saturated heterocycles. The summed E-state index contributed by atoms with van der Waals surface area (Å²) in [6.07, 6.45) is 2.07. The first kappa shape index (κ1) is 19.8. The van der Waals surface area contributed by atoms with E-state index < -0.39 is 0 Å². The highest BCUT2D eigenvalue weighted by atomic mass is 15.5. The summed E-state index contributed by atoms with van der Waals surface area (Å²) in [6, 6.07) is 26.3. The fourth-order valence-electron chi connectivity index (χ4n) is 4.60. The van der Waals surface area contributed by atoms with Gasteiger partial charge in [-0.3, -0.25) is 9.91 Å². The standard InChI is InChI=1S/C28H29N3/c1-21-11-12-25(22(2)17-21)20-30-13-15-31(16-14-30)29-19-28-26-9-5-3-7-23(26)18-24-8-4-6-10-27(24)28/h3-12,17-19H,13-16,20H2,1-2H3/b29-19+. The molecule has 0 spiro atoms. The maximum absolute atomic E-state index is 4.91. The van der Waals surface area contributed by atoms with Crippen LogP contribution in [0.1, 0.15) is 22.3 Å². The molecule has 0 amide bonds. The minimum Gasteiger partial charge on any atom is -0.295 e. The predicted molar refractivity (Wildman–Crippen MR) is 132 cm³/mol. The highest BCUT2D eigenvalue weighted by Gasteiger charge is 2.16. The molecule has 3 nitrogen and oxygen atoms in total. The number of aryl methyl sites for hydroxylation is 2. The van der Waals surface area contributed by atoms with Crippen LogP contribution in [0.3, 0.4) is 0 Å². The molecule has 156 valence electrons. The van der Waals surface area contributed by atoms with Crippen molar-refractivity contribution in [2.45, 2.75) is 20.4 Å². The van der Waals surface area contributed by atoms with E-state index in [9.17, 15) is 0 Å². The van der Waals surface area contributed by atoms with Gasteiger partial charge >= 0.3 is 0 Å². The van der Waals surface area contributed by atoms with Crippen LogP contribution in [0.5, 0.6) is 0 Å². The largest absolute Gasteiger partial charge is 0.295 e. The molecule has 31 heavy (non-hydrogen) atoms. The molecule has 0 aromatic heterocycles. The van der Waals surface area contributed by atoms with Gasteiger partial charge in [0.1, 0.15) is 0 Å². The summed E-state index contributed by atoms with van der Waals surface area (Å²) in [5.41, 5.74) is 5.38. The maximum Gasteiger partial charge on any atom is 0.0555 e. The average molecular weight is 408 g/mol. The van der Waals surface area contributed by atoms with Gasteiger partial charge < -0.3 is 0 Å². The number of benzene rings is 4. The van der Waals surface area contributed by atoms with Crippen LogP contribution in [0, 0.1) is 13.8 Å². The zero-order valence-electron chi connectivity index (χ0n) is 18.4. The molecule has 1 aliphatic rings. The topological polar surface area (TPSA) is 18.8 Å². The smallest absolute Gasteiger partial charge is 0.0555 e. The minimum absolute atomic E-state index is 0.962. The van der Waals surface area contributed by atoms with Gasteiger partial charge in [0.05, 0.1) is 6.21 Å². The number of hydrazone groups is 1. The van der Waals surface area contributed by atoms with E-state index in [1.807, 2.05) is 0 Å². The van der Waals surface area contributed by atoms with Gasteiger partial charge in [0.2, 0.25) is 0 Å². The van der Waals surface area contributed by atoms with Crippen molar-refractivity contribution in [3.8, 4) is 0 Å². The Bertz CT molecular complexity index is 1200. The molecule has 1 fully saturated rings. The Morgan fingerprint density at radius 3 is 2.06 bits per heavy atom. The van der Waals surface area contributed by atoms with Gasteiger partial charge in [-0.2, -0.15) is 5.10 Å². The third-order valence-corrected chi connectivity index (χ3v) is 6.40. The second-order valence-corrected chi connectivity index (χ2v) is 8.64. The second kappa shape index (κ2) is 8.52. The van der Waals surface area contributed by atoms with Crippen molar-refractivity contribution >= 4 is 27.8 Å². The number of rotatable bonds is 4. The van der Waals surface area contributed by atoms with Crippen molar-refractivity contribution in [1.82, 2.24) is 9.91 Å². The first-order valence-corrected chi connectivity index (χ1v) is 11.2. The quantitative estimate of drug-likeness (QED) is 0.316. The summed E-state index contributed by atoms with van der Waals surface area (Å²) in [5, 5.41) is 12.2. The lowest BCUT2D eigenvalue weighted by Gasteiger charge is -2.33. The zero-order valence-corrected chi connectivity index (χ0v) is 18.4. The van der Waals surface area contributed by atoms with Crippen molar-refractivity contribution in [2.75, 3.05) is 26.2 Å². The Morgan fingerprint density at radius 2 is 1.42 bits per heavy atom. The number of nitrogens with zero attached hydrogens (tertiary/aromatic N) is 3. The van der Waals surface area contributed by atoms with Crippen molar-refractivity contribution in [3.05, 3.63) is 95.1 Å². The summed E-state index contributed by atoms with van der Waals surface area (Å²) in [6.45, 7) is 9.41. The third-order valence-electron chi connectivity index (χ3n) is 6.40. The van der Waals surface area contributed by atoms with Crippen LogP contribution in [0.25, 0.3) is 21.5 Å². The second-order valence-electron chi connectivity index (χ2n) is 8.64. The molecule has 5 rings (SSSR count). The molecular weight excluding hydrogens is 378 g/mol. The molecule has 0 saturated carbocycles. The van der Waals surface area contributed by atoms with Gasteiger partial charge in [-0.15, -0.1) is 0 Å². The Balaban J connectivity index is 1.32. The molecule has 3 heteroatoms. The van der Waals surface area contributed by atoms with E-state index in [1.165, 1.54) is 43.8 Å². The lowest BCUT2D eigenvalue weighted by molar-refractivity contribution is 0.131. The summed E-state index contributed by atoms with van der Waals surface area (Å²) in [4.78, 5) is 2.54. The molecular formula is C28H29N3. The van der Waals surface area contributed by atoms with E-state index in [4.69, 9.17) is 5.10 Å². The lowest BCUT2D eigenvalue weighted by Crippen LogP contribution is -2.43. The molecule has 1 heterocycles. The molecule has 0 bridgehead atoms. The molecule has 0 N–H and O–H groups in total. The van der Waals surface area contributed by atoms with Crippen LogP contribution >= 0.6 is 0 Å². The van der Waals surface area contributed by atoms with E-state index in [1.54, 1.807) is 0 Å². The SMILES string of the molecule is Cc1ccc(CN2CCN(/N=C/c3c4ccccc4cc4ccccc34)CC2)c(C)c1. The number of fused-ring (bicyclic) bond motifs is 2. The fourth-order valence-corrected chi connectivity index (χ4v) is 4.60. The molecule has 4 aromatic rings. The van der Waals surface area contributed by atoms with Gasteiger partial charge in [0.15, 0.2) is 0 Å². The Morgan fingerprint density at radius 1 is 0.774 bits per heavy atom. The van der Waals surface area contributed by atoms with Gasteiger partial charge in [-0.1, -0.05) is 72.3 Å². The van der Waals surface area contributed by atoms with Crippen LogP contribution in [0.4, 0.5) is 0 Å². The van der Waals surface area contributed by atoms with Crippen molar-refractivity contribution in [2.24, 2.45) is 5.10 Å². The molecule has 1 aliphatic heterocycles. The summed E-state index contributed by atoms with van der Waals surface area (Å²) >= 11 is 0.